The van der Waals surface area contributed by atoms with Crippen LogP contribution >= 0.6 is 0 Å². The van der Waals surface area contributed by atoms with Crippen molar-refractivity contribution in [2.75, 3.05) is 37.9 Å². The summed E-state index contributed by atoms with van der Waals surface area (Å²) in [6.45, 7) is 4.90. The zero-order chi connectivity index (χ0) is 41.1. The lowest BCUT2D eigenvalue weighted by atomic mass is 9.99. The van der Waals surface area contributed by atoms with Gasteiger partial charge >= 0.3 is 12.1 Å². The number of ether oxygens (including phenoxy) is 2. The van der Waals surface area contributed by atoms with E-state index in [0.29, 0.717) is 52.2 Å². The summed E-state index contributed by atoms with van der Waals surface area (Å²) in [6, 6.07) is 6.71. The highest BCUT2D eigenvalue weighted by atomic mass is 19.1. The summed E-state index contributed by atoms with van der Waals surface area (Å²) in [6.07, 6.45) is 7.94. The molecule has 4 amide bonds. The van der Waals surface area contributed by atoms with Gasteiger partial charge in [0.05, 0.1) is 43.6 Å². The van der Waals surface area contributed by atoms with Crippen LogP contribution in [0.15, 0.2) is 61.2 Å². The minimum absolute atomic E-state index is 0.000508. The smallest absolute Gasteiger partial charge is 0.319 e. The van der Waals surface area contributed by atoms with Crippen LogP contribution in [0.2, 0.25) is 0 Å². The third kappa shape index (κ3) is 10.1. The first-order valence-electron chi connectivity index (χ1n) is 18.2. The lowest BCUT2D eigenvalue weighted by Crippen LogP contribution is -2.30. The maximum absolute atomic E-state index is 15.0. The number of nitrogens with zero attached hydrogens (tertiary/aromatic N) is 2. The molecule has 1 atom stereocenters. The Hall–Kier alpha value is -6.36. The molecule has 7 N–H and O–H groups in total. The van der Waals surface area contributed by atoms with Gasteiger partial charge in [-0.3, -0.25) is 0 Å². The van der Waals surface area contributed by atoms with Crippen LogP contribution in [-0.4, -0.2) is 64.4 Å². The van der Waals surface area contributed by atoms with Gasteiger partial charge in [-0.1, -0.05) is 26.7 Å². The number of hydrogen-bond donors (Lipinski definition) is 7. The van der Waals surface area contributed by atoms with Gasteiger partial charge in [0.25, 0.3) is 0 Å². The summed E-state index contributed by atoms with van der Waals surface area (Å²) in [4.78, 5) is 38.0. The first-order valence-corrected chi connectivity index (χ1v) is 18.2. The first kappa shape index (κ1) is 41.8. The third-order valence-corrected chi connectivity index (χ3v) is 8.98. The molecule has 0 aliphatic rings. The highest BCUT2D eigenvalue weighted by molar-refractivity contribution is 5.90. The maximum Gasteiger partial charge on any atom is 0.319 e. The second kappa shape index (κ2) is 19.5. The van der Waals surface area contributed by atoms with Crippen LogP contribution in [0, 0.1) is 23.3 Å². The second-order valence-corrected chi connectivity index (χ2v) is 12.9. The van der Waals surface area contributed by atoms with Gasteiger partial charge in [-0.2, -0.15) is 0 Å². The molecule has 0 saturated heterocycles. The van der Waals surface area contributed by atoms with Crippen molar-refractivity contribution in [1.29, 1.82) is 0 Å². The van der Waals surface area contributed by atoms with Crippen molar-refractivity contribution < 1.29 is 41.7 Å². The van der Waals surface area contributed by atoms with Crippen LogP contribution in [0.4, 0.5) is 38.5 Å². The Kier molecular flexibility index (Phi) is 14.3. The average Bonchev–Trinajstić information content (AvgIpc) is 3.82. The molecular formula is C40H44F4N8O5. The van der Waals surface area contributed by atoms with Gasteiger partial charge in [0.2, 0.25) is 0 Å². The number of carbonyl (C=O) groups excluding carboxylic acids is 2. The van der Waals surface area contributed by atoms with E-state index < -0.39 is 47.0 Å². The van der Waals surface area contributed by atoms with Crippen molar-refractivity contribution in [3.05, 3.63) is 107 Å². The Labute approximate surface area is 325 Å². The summed E-state index contributed by atoms with van der Waals surface area (Å²) in [5.41, 5.74) is 0.935. The van der Waals surface area contributed by atoms with Crippen molar-refractivity contribution in [2.24, 2.45) is 0 Å². The molecule has 302 valence electrons. The molecule has 2 aromatic carbocycles. The number of aliphatic hydroxyl groups is 1. The molecule has 4 aromatic heterocycles. The molecule has 0 radical (unpaired) electrons. The third-order valence-electron chi connectivity index (χ3n) is 8.98. The molecule has 17 heteroatoms. The Morgan fingerprint density at radius 2 is 1.28 bits per heavy atom. The summed E-state index contributed by atoms with van der Waals surface area (Å²) in [7, 11) is 2.99. The number of benzene rings is 2. The van der Waals surface area contributed by atoms with Gasteiger partial charge in [-0.15, -0.1) is 0 Å². The number of methoxy groups -OCH3 is 2. The molecule has 0 bridgehead atoms. The largest absolute Gasteiger partial charge is 0.495 e. The molecule has 6 rings (SSSR count). The molecule has 0 spiro atoms. The van der Waals surface area contributed by atoms with Crippen LogP contribution in [-0.2, 0) is 6.42 Å². The monoisotopic (exact) mass is 792 g/mol. The molecule has 0 aliphatic heterocycles. The summed E-state index contributed by atoms with van der Waals surface area (Å²) < 4.78 is 68.9. The van der Waals surface area contributed by atoms with E-state index in [1.807, 2.05) is 13.8 Å². The lowest BCUT2D eigenvalue weighted by molar-refractivity contribution is 0.210. The molecule has 0 fully saturated rings. The van der Waals surface area contributed by atoms with E-state index >= 15 is 0 Å². The topological polar surface area (TPSA) is 178 Å². The molecule has 1 unspecified atom stereocenters. The van der Waals surface area contributed by atoms with Crippen molar-refractivity contribution in [2.45, 2.75) is 52.1 Å². The maximum atomic E-state index is 15.0. The molecule has 4 heterocycles. The predicted octanol–water partition coefficient (Wildman–Crippen LogP) is 8.22. The van der Waals surface area contributed by atoms with Gasteiger partial charge in [-0.25, -0.2) is 37.1 Å². The van der Waals surface area contributed by atoms with Gasteiger partial charge in [0.1, 0.15) is 40.5 Å². The molecule has 0 saturated carbocycles. The number of aromatic amines is 2. The zero-order valence-corrected chi connectivity index (χ0v) is 31.8. The van der Waals surface area contributed by atoms with Crippen molar-refractivity contribution in [3.8, 4) is 11.5 Å². The Morgan fingerprint density at radius 1 is 0.754 bits per heavy atom. The zero-order valence-electron chi connectivity index (χ0n) is 31.8. The van der Waals surface area contributed by atoms with Gasteiger partial charge in [-0.05, 0) is 54.8 Å². The van der Waals surface area contributed by atoms with Crippen molar-refractivity contribution in [3.63, 3.8) is 0 Å². The average molecular weight is 793 g/mol. The molecule has 13 nitrogen and oxygen atoms in total. The summed E-state index contributed by atoms with van der Waals surface area (Å²) in [5, 5.41) is 21.9. The fourth-order valence-corrected chi connectivity index (χ4v) is 5.85. The number of aromatic nitrogens is 4. The van der Waals surface area contributed by atoms with Gasteiger partial charge in [0, 0.05) is 53.8 Å². The summed E-state index contributed by atoms with van der Waals surface area (Å²) in [5.74, 6) is -2.47. The Balaban J connectivity index is 0.000000218. The molecule has 0 aliphatic carbocycles. The molecule has 57 heavy (non-hydrogen) atoms. The predicted molar refractivity (Wildman–Crippen MR) is 209 cm³/mol. The number of H-pyrrole nitrogens is 2. The van der Waals surface area contributed by atoms with Crippen LogP contribution in [0.5, 0.6) is 11.5 Å². The number of carbonyl (C=O) groups is 2. The van der Waals surface area contributed by atoms with Crippen molar-refractivity contribution >= 4 is 45.5 Å². The molecular weight excluding hydrogens is 748 g/mol. The number of unbranched alkanes of at least 4 members (excludes halogenated alkanes) is 2. The number of pyridine rings is 2. The number of amides is 4. The first-order chi connectivity index (χ1) is 27.5. The number of nitrogens with one attached hydrogen (secondary N) is 6. The normalized spacial score (nSPS) is 11.5. The van der Waals surface area contributed by atoms with Crippen LogP contribution in [0.25, 0.3) is 22.1 Å². The number of halogens is 4. The van der Waals surface area contributed by atoms with Gasteiger partial charge < -0.3 is 45.8 Å². The van der Waals surface area contributed by atoms with E-state index in [0.717, 1.165) is 43.9 Å². The fourth-order valence-electron chi connectivity index (χ4n) is 5.85. The van der Waals surface area contributed by atoms with Crippen molar-refractivity contribution in [1.82, 2.24) is 30.6 Å². The van der Waals surface area contributed by atoms with E-state index in [2.05, 4.69) is 41.2 Å². The lowest BCUT2D eigenvalue weighted by Gasteiger charge is -2.16. The van der Waals surface area contributed by atoms with E-state index in [4.69, 9.17) is 9.47 Å². The van der Waals surface area contributed by atoms with E-state index in [1.54, 1.807) is 24.5 Å². The standard InChI is InChI=1S/C20H22F2N4O3.C20H22F2N4O2/c1-3-4-7-23-20(28)26-15-6-5-14(21)16(17(15)22)18(27)13-10-25-19-12(13)8-11(29-2)9-24-19;1-3-4-7-23-20(27)26-17-6-5-16(21)15(18(17)22)8-12-10-24-19-14(12)9-13(28-2)11-25-19/h5-6,8-10,18,27H,3-4,7H2,1-2H3,(H,24,25)(H2,23,26,28);5-6,9-11H,3-4,7-8H2,1-2H3,(H,24,25)(H2,23,26,27). The number of hydrogen-bond acceptors (Lipinski definition) is 7. The number of aliphatic hydroxyl groups excluding tert-OH is 1. The number of urea groups is 2. The number of fused-ring (bicyclic) bond motifs is 2. The Bertz CT molecular complexity index is 2330. The van der Waals surface area contributed by atoms with Crippen LogP contribution < -0.4 is 30.7 Å². The van der Waals surface area contributed by atoms with Crippen LogP contribution in [0.3, 0.4) is 0 Å². The Morgan fingerprint density at radius 3 is 1.86 bits per heavy atom. The molecule has 6 aromatic rings. The van der Waals surface area contributed by atoms with Gasteiger partial charge in [0.15, 0.2) is 11.6 Å². The van der Waals surface area contributed by atoms with E-state index in [1.165, 1.54) is 32.7 Å². The summed E-state index contributed by atoms with van der Waals surface area (Å²) >= 11 is 0. The number of rotatable bonds is 14. The number of anilines is 2. The highest BCUT2D eigenvalue weighted by Crippen LogP contribution is 2.35. The highest BCUT2D eigenvalue weighted by Gasteiger charge is 2.26. The SMILES string of the molecule is CCCCNC(=O)Nc1ccc(F)c(C(O)c2c[nH]c3ncc(OC)cc23)c1F.CCCCNC(=O)Nc1ccc(F)c(Cc2c[nH]c3ncc(OC)cc23)c1F. The van der Waals surface area contributed by atoms with Crippen LogP contribution in [0.1, 0.15) is 67.9 Å². The van der Waals surface area contributed by atoms with E-state index in [-0.39, 0.29) is 28.9 Å². The minimum atomic E-state index is -1.62. The van der Waals surface area contributed by atoms with E-state index in [9.17, 15) is 32.3 Å². The minimum Gasteiger partial charge on any atom is -0.495 e. The second-order valence-electron chi connectivity index (χ2n) is 12.9. The fraction of sp³-hybridized carbons (Fsp3) is 0.300. The quantitative estimate of drug-likeness (QED) is 0.0429.